The summed E-state index contributed by atoms with van der Waals surface area (Å²) in [6.07, 6.45) is 3.73. The van der Waals surface area contributed by atoms with E-state index in [-0.39, 0.29) is 24.4 Å². The average Bonchev–Trinajstić information content (AvgIpc) is 3.28. The van der Waals surface area contributed by atoms with Gasteiger partial charge in [0.1, 0.15) is 6.54 Å². The van der Waals surface area contributed by atoms with E-state index in [1.807, 2.05) is 24.3 Å². The van der Waals surface area contributed by atoms with E-state index >= 15 is 0 Å². The number of hydrogen-bond acceptors (Lipinski definition) is 5. The number of aliphatic carboxylic acids is 1. The van der Waals surface area contributed by atoms with Gasteiger partial charge in [-0.25, -0.2) is 4.98 Å². The normalized spacial score (nSPS) is 17.8. The lowest BCUT2D eigenvalue weighted by atomic mass is 9.86. The Morgan fingerprint density at radius 3 is 2.58 bits per heavy atom. The number of amides is 1. The molecule has 0 spiro atoms. The van der Waals surface area contributed by atoms with Crippen LogP contribution >= 0.6 is 0 Å². The maximum atomic E-state index is 12.7. The van der Waals surface area contributed by atoms with E-state index in [0.717, 1.165) is 42.7 Å². The molecular weight excluding hydrogens is 458 g/mol. The molecule has 1 fully saturated rings. The maximum Gasteiger partial charge on any atom is 0.307 e. The Morgan fingerprint density at radius 2 is 1.81 bits per heavy atom. The predicted octanol–water partition coefficient (Wildman–Crippen LogP) is 3.29. The standard InChI is InChI=1S/C27H29N5O4/c33-24(16-32-23-8-4-1-5-20(23)18(13-25(32)34)14-26(35)36)28-15-17-9-11-19(12-10-17)29-27-30-21-6-2-3-7-22(21)31-27/h1-8,13,17,19H,9-12,14-16H2,(H,28,33)(H,35,36)(H2,29,30,31). The smallest absolute Gasteiger partial charge is 0.307 e. The minimum Gasteiger partial charge on any atom is -0.481 e. The Balaban J connectivity index is 1.15. The molecule has 2 aromatic carbocycles. The summed E-state index contributed by atoms with van der Waals surface area (Å²) in [6, 6.07) is 16.7. The Labute approximate surface area is 207 Å². The van der Waals surface area contributed by atoms with Crippen molar-refractivity contribution >= 4 is 39.8 Å². The molecule has 4 N–H and O–H groups in total. The van der Waals surface area contributed by atoms with Crippen molar-refractivity contribution in [3.8, 4) is 0 Å². The van der Waals surface area contributed by atoms with Crippen LogP contribution in [0.4, 0.5) is 5.95 Å². The van der Waals surface area contributed by atoms with E-state index in [2.05, 4.69) is 20.6 Å². The minimum atomic E-state index is -1.00. The summed E-state index contributed by atoms with van der Waals surface area (Å²) in [6.45, 7) is 0.468. The SMILES string of the molecule is O=C(O)Cc1cc(=O)n(CC(=O)NCC2CCC(Nc3nc4ccccc4[nH]3)CC2)c2ccccc12. The topological polar surface area (TPSA) is 129 Å². The van der Waals surface area contributed by atoms with Crippen LogP contribution in [-0.4, -0.2) is 44.1 Å². The van der Waals surface area contributed by atoms with Gasteiger partial charge in [-0.05, 0) is 55.4 Å². The highest BCUT2D eigenvalue weighted by atomic mass is 16.4. The van der Waals surface area contributed by atoms with Crippen molar-refractivity contribution in [3.63, 3.8) is 0 Å². The Kier molecular flexibility index (Phi) is 6.71. The molecule has 0 saturated heterocycles. The molecule has 0 aliphatic heterocycles. The molecule has 36 heavy (non-hydrogen) atoms. The Hall–Kier alpha value is -4.14. The van der Waals surface area contributed by atoms with Gasteiger partial charge in [0.2, 0.25) is 11.9 Å². The second kappa shape index (κ2) is 10.2. The largest absolute Gasteiger partial charge is 0.481 e. The summed E-state index contributed by atoms with van der Waals surface area (Å²) >= 11 is 0. The second-order valence-electron chi connectivity index (χ2n) is 9.45. The Bertz CT molecular complexity index is 1430. The molecule has 1 saturated carbocycles. The van der Waals surface area contributed by atoms with Gasteiger partial charge in [0, 0.05) is 24.0 Å². The number of carboxylic acid groups (broad SMARTS) is 1. The van der Waals surface area contributed by atoms with E-state index in [1.54, 1.807) is 24.3 Å². The molecule has 1 aliphatic carbocycles. The van der Waals surface area contributed by atoms with Crippen LogP contribution < -0.4 is 16.2 Å². The number of aromatic nitrogens is 3. The van der Waals surface area contributed by atoms with Crippen LogP contribution in [0.15, 0.2) is 59.4 Å². The van der Waals surface area contributed by atoms with Gasteiger partial charge < -0.3 is 20.7 Å². The minimum absolute atomic E-state index is 0.102. The fourth-order valence-corrected chi connectivity index (χ4v) is 5.06. The van der Waals surface area contributed by atoms with Crippen LogP contribution in [0.5, 0.6) is 0 Å². The van der Waals surface area contributed by atoms with Gasteiger partial charge in [-0.2, -0.15) is 0 Å². The average molecular weight is 488 g/mol. The molecule has 2 heterocycles. The van der Waals surface area contributed by atoms with Crippen molar-refractivity contribution < 1.29 is 14.7 Å². The molecule has 0 bridgehead atoms. The number of nitrogens with zero attached hydrogens (tertiary/aromatic N) is 2. The third kappa shape index (κ3) is 5.25. The summed E-state index contributed by atoms with van der Waals surface area (Å²) < 4.78 is 1.41. The van der Waals surface area contributed by atoms with Crippen LogP contribution in [0, 0.1) is 5.92 Å². The third-order valence-electron chi connectivity index (χ3n) is 6.91. The molecule has 2 aromatic heterocycles. The molecule has 9 heteroatoms. The number of fused-ring (bicyclic) bond motifs is 2. The molecule has 1 aliphatic rings. The van der Waals surface area contributed by atoms with Gasteiger partial charge >= 0.3 is 5.97 Å². The quantitative estimate of drug-likeness (QED) is 0.302. The number of anilines is 1. The van der Waals surface area contributed by atoms with Crippen molar-refractivity contribution in [2.24, 2.45) is 5.92 Å². The van der Waals surface area contributed by atoms with Gasteiger partial charge in [-0.15, -0.1) is 0 Å². The molecule has 0 atom stereocenters. The van der Waals surface area contributed by atoms with Crippen molar-refractivity contribution in [1.29, 1.82) is 0 Å². The van der Waals surface area contributed by atoms with Crippen molar-refractivity contribution in [2.75, 3.05) is 11.9 Å². The monoisotopic (exact) mass is 487 g/mol. The van der Waals surface area contributed by atoms with Gasteiger partial charge in [0.25, 0.3) is 5.56 Å². The van der Waals surface area contributed by atoms with E-state index in [0.29, 0.717) is 35.0 Å². The van der Waals surface area contributed by atoms with Gasteiger partial charge in [0.15, 0.2) is 0 Å². The number of nitrogens with one attached hydrogen (secondary N) is 3. The van der Waals surface area contributed by atoms with Gasteiger partial charge in [-0.3, -0.25) is 19.0 Å². The summed E-state index contributed by atoms with van der Waals surface area (Å²) in [7, 11) is 0. The van der Waals surface area contributed by atoms with Crippen molar-refractivity contribution in [2.45, 2.75) is 44.7 Å². The van der Waals surface area contributed by atoms with Crippen LogP contribution in [0.25, 0.3) is 21.9 Å². The van der Waals surface area contributed by atoms with Gasteiger partial charge in [0.05, 0.1) is 23.0 Å². The zero-order chi connectivity index (χ0) is 25.1. The number of aromatic amines is 1. The molecule has 9 nitrogen and oxygen atoms in total. The third-order valence-corrected chi connectivity index (χ3v) is 6.91. The lowest BCUT2D eigenvalue weighted by molar-refractivity contribution is -0.136. The number of pyridine rings is 1. The summed E-state index contributed by atoms with van der Waals surface area (Å²) in [5.41, 5.74) is 2.60. The number of imidazole rings is 1. The number of carboxylic acids is 1. The van der Waals surface area contributed by atoms with E-state index in [9.17, 15) is 14.4 Å². The number of hydrogen-bond donors (Lipinski definition) is 4. The first kappa shape index (κ1) is 23.6. The predicted molar refractivity (Wildman–Crippen MR) is 138 cm³/mol. The van der Waals surface area contributed by atoms with Gasteiger partial charge in [-0.1, -0.05) is 30.3 Å². The molecule has 4 aromatic rings. The number of carbonyl (C=O) groups is 2. The highest BCUT2D eigenvalue weighted by molar-refractivity contribution is 5.87. The van der Waals surface area contributed by atoms with Crippen LogP contribution in [-0.2, 0) is 22.6 Å². The number of carbonyl (C=O) groups excluding carboxylic acids is 1. The molecule has 1 amide bonds. The fourth-order valence-electron chi connectivity index (χ4n) is 5.06. The zero-order valence-corrected chi connectivity index (χ0v) is 19.9. The molecule has 0 radical (unpaired) electrons. The number of H-pyrrole nitrogens is 1. The zero-order valence-electron chi connectivity index (χ0n) is 19.9. The second-order valence-corrected chi connectivity index (χ2v) is 9.45. The molecule has 0 unspecified atom stereocenters. The van der Waals surface area contributed by atoms with Crippen LogP contribution in [0.3, 0.4) is 0 Å². The number of para-hydroxylation sites is 3. The van der Waals surface area contributed by atoms with E-state index in [1.165, 1.54) is 10.6 Å². The highest BCUT2D eigenvalue weighted by Crippen LogP contribution is 2.26. The van der Waals surface area contributed by atoms with E-state index in [4.69, 9.17) is 5.11 Å². The molecule has 5 rings (SSSR count). The fraction of sp³-hybridized carbons (Fsp3) is 0.333. The molecular formula is C27H29N5O4. The van der Waals surface area contributed by atoms with Crippen molar-refractivity contribution in [3.05, 3.63) is 70.5 Å². The number of rotatable bonds is 8. The van der Waals surface area contributed by atoms with Crippen molar-refractivity contribution in [1.82, 2.24) is 19.9 Å². The summed E-state index contributed by atoms with van der Waals surface area (Å²) in [5, 5.41) is 16.3. The first-order valence-electron chi connectivity index (χ1n) is 12.3. The van der Waals surface area contributed by atoms with Crippen LogP contribution in [0.2, 0.25) is 0 Å². The van der Waals surface area contributed by atoms with Crippen LogP contribution in [0.1, 0.15) is 31.2 Å². The maximum absolute atomic E-state index is 12.7. The lowest BCUT2D eigenvalue weighted by Gasteiger charge is -2.29. The summed E-state index contributed by atoms with van der Waals surface area (Å²) in [4.78, 5) is 44.5. The first-order valence-corrected chi connectivity index (χ1v) is 12.3. The first-order chi connectivity index (χ1) is 17.5. The van der Waals surface area contributed by atoms with E-state index < -0.39 is 5.97 Å². The number of benzene rings is 2. The molecule has 186 valence electrons. The summed E-state index contributed by atoms with van der Waals surface area (Å²) in [5.74, 6) is -0.0533. The highest BCUT2D eigenvalue weighted by Gasteiger charge is 2.22. The lowest BCUT2D eigenvalue weighted by Crippen LogP contribution is -2.37. The Morgan fingerprint density at radius 1 is 1.06 bits per heavy atom.